The summed E-state index contributed by atoms with van der Waals surface area (Å²) in [7, 11) is 0. The van der Waals surface area contributed by atoms with Gasteiger partial charge in [-0.15, -0.1) is 0 Å². The van der Waals surface area contributed by atoms with Crippen LogP contribution in [0.25, 0.3) is 0 Å². The highest BCUT2D eigenvalue weighted by Crippen LogP contribution is 2.37. The van der Waals surface area contributed by atoms with Crippen molar-refractivity contribution in [3.05, 3.63) is 35.9 Å². The van der Waals surface area contributed by atoms with Crippen molar-refractivity contribution in [2.45, 2.75) is 97.2 Å². The highest BCUT2D eigenvalue weighted by molar-refractivity contribution is 5.94. The van der Waals surface area contributed by atoms with Gasteiger partial charge < -0.3 is 25.4 Å². The second-order valence-corrected chi connectivity index (χ2v) is 11.5. The van der Waals surface area contributed by atoms with E-state index in [1.54, 1.807) is 11.8 Å². The van der Waals surface area contributed by atoms with Gasteiger partial charge in [0.1, 0.15) is 17.7 Å². The zero-order valence-electron chi connectivity index (χ0n) is 23.9. The first-order chi connectivity index (χ1) is 17.8. The summed E-state index contributed by atoms with van der Waals surface area (Å²) in [6.45, 7) is 13.5. The number of hydrogen-bond donors (Lipinski definition) is 3. The van der Waals surface area contributed by atoms with Gasteiger partial charge in [0.2, 0.25) is 11.8 Å². The van der Waals surface area contributed by atoms with Gasteiger partial charge >= 0.3 is 12.1 Å². The molecule has 1 heterocycles. The van der Waals surface area contributed by atoms with Crippen LogP contribution in [0, 0.1) is 11.8 Å². The molecule has 3 amide bonds. The van der Waals surface area contributed by atoms with Crippen LogP contribution in [-0.4, -0.2) is 64.7 Å². The Hall–Kier alpha value is -3.10. The number of amides is 3. The van der Waals surface area contributed by atoms with Crippen LogP contribution in [0.3, 0.4) is 0 Å². The molecule has 2 rings (SSSR count). The quantitative estimate of drug-likeness (QED) is 0.417. The summed E-state index contributed by atoms with van der Waals surface area (Å²) in [5.74, 6) is -2.40. The van der Waals surface area contributed by atoms with Crippen molar-refractivity contribution in [2.24, 2.45) is 11.8 Å². The fourth-order valence-corrected chi connectivity index (χ4v) is 4.71. The van der Waals surface area contributed by atoms with E-state index in [1.165, 1.54) is 0 Å². The maximum Gasteiger partial charge on any atom is 0.410 e. The average molecular weight is 532 g/mol. The number of carboxylic acids is 1. The minimum absolute atomic E-state index is 0.222. The van der Waals surface area contributed by atoms with Crippen molar-refractivity contribution in [1.29, 1.82) is 0 Å². The second-order valence-electron chi connectivity index (χ2n) is 11.5. The number of benzene rings is 1. The lowest BCUT2D eigenvalue weighted by Crippen LogP contribution is -2.60. The van der Waals surface area contributed by atoms with Gasteiger partial charge in [0.05, 0.1) is 5.41 Å². The summed E-state index contributed by atoms with van der Waals surface area (Å²) in [6, 6.07) is 7.45. The number of piperidine rings is 1. The Bertz CT molecular complexity index is 966. The standard InChI is InChI=1S/C29H45N3O6/c1-8-19(3)22(24(33)30-23(25(34)35)20(4)9-2)31-26(36)29(21-13-11-10-12-14-21)15-17-32(18-16-29)27(37)38-28(5,6)7/h10-14,19-20,22-23H,8-9,15-18H2,1-7H3,(H,30,33)(H,31,36)(H,34,35)/t19-,20+,22+,23+/m1/s1. The Morgan fingerprint density at radius 2 is 1.47 bits per heavy atom. The molecule has 1 saturated heterocycles. The van der Waals surface area contributed by atoms with Crippen LogP contribution < -0.4 is 10.6 Å². The SMILES string of the molecule is CC[C@@H](C)[C@H](NC(=O)C1(c2ccccc2)CCN(C(=O)OC(C)(C)C)CC1)C(=O)N[C@H](C(=O)O)[C@@H](C)CC. The van der Waals surface area contributed by atoms with E-state index in [4.69, 9.17) is 4.74 Å². The summed E-state index contributed by atoms with van der Waals surface area (Å²) in [5, 5.41) is 15.3. The van der Waals surface area contributed by atoms with Gasteiger partial charge in [-0.1, -0.05) is 70.9 Å². The largest absolute Gasteiger partial charge is 0.480 e. The number of carbonyl (C=O) groups is 4. The number of nitrogens with zero attached hydrogens (tertiary/aromatic N) is 1. The van der Waals surface area contributed by atoms with E-state index in [0.717, 1.165) is 5.56 Å². The molecule has 1 aromatic rings. The molecule has 38 heavy (non-hydrogen) atoms. The zero-order chi connectivity index (χ0) is 28.7. The second kappa shape index (κ2) is 13.1. The molecule has 0 spiro atoms. The van der Waals surface area contributed by atoms with Crippen molar-refractivity contribution in [3.8, 4) is 0 Å². The average Bonchev–Trinajstić information content (AvgIpc) is 2.88. The molecule has 0 unspecified atom stereocenters. The summed E-state index contributed by atoms with van der Waals surface area (Å²) in [6.07, 6.45) is 1.51. The molecule has 9 nitrogen and oxygen atoms in total. The van der Waals surface area contributed by atoms with Crippen molar-refractivity contribution >= 4 is 23.9 Å². The van der Waals surface area contributed by atoms with Crippen LogP contribution in [0.2, 0.25) is 0 Å². The van der Waals surface area contributed by atoms with E-state index < -0.39 is 41.1 Å². The smallest absolute Gasteiger partial charge is 0.410 e. The van der Waals surface area contributed by atoms with Crippen molar-refractivity contribution < 1.29 is 29.0 Å². The fourth-order valence-electron chi connectivity index (χ4n) is 4.71. The topological polar surface area (TPSA) is 125 Å². The minimum atomic E-state index is -1.10. The Morgan fingerprint density at radius 1 is 0.947 bits per heavy atom. The number of aliphatic carboxylic acids is 1. The Morgan fingerprint density at radius 3 is 1.95 bits per heavy atom. The van der Waals surface area contributed by atoms with E-state index >= 15 is 0 Å². The predicted molar refractivity (Wildman–Crippen MR) is 146 cm³/mol. The normalized spacial score (nSPS) is 18.4. The van der Waals surface area contributed by atoms with Crippen LogP contribution in [0.4, 0.5) is 4.79 Å². The van der Waals surface area contributed by atoms with E-state index in [9.17, 15) is 24.3 Å². The van der Waals surface area contributed by atoms with Crippen molar-refractivity contribution in [3.63, 3.8) is 0 Å². The maximum atomic E-state index is 14.0. The van der Waals surface area contributed by atoms with Gasteiger partial charge in [0, 0.05) is 13.1 Å². The van der Waals surface area contributed by atoms with E-state index in [-0.39, 0.29) is 17.7 Å². The van der Waals surface area contributed by atoms with Gasteiger partial charge in [0.25, 0.3) is 0 Å². The lowest BCUT2D eigenvalue weighted by atomic mass is 9.71. The molecule has 1 aromatic carbocycles. The molecule has 0 radical (unpaired) electrons. The van der Waals surface area contributed by atoms with Crippen LogP contribution >= 0.6 is 0 Å². The number of ether oxygens (including phenoxy) is 1. The van der Waals surface area contributed by atoms with Gasteiger partial charge in [0.15, 0.2) is 0 Å². The molecule has 0 aliphatic carbocycles. The van der Waals surface area contributed by atoms with Gasteiger partial charge in [-0.25, -0.2) is 9.59 Å². The molecule has 0 saturated carbocycles. The van der Waals surface area contributed by atoms with Gasteiger partial charge in [-0.2, -0.15) is 0 Å². The molecule has 1 aliphatic rings. The molecule has 212 valence electrons. The monoisotopic (exact) mass is 531 g/mol. The molecule has 9 heteroatoms. The maximum absolute atomic E-state index is 14.0. The predicted octanol–water partition coefficient (Wildman–Crippen LogP) is 4.10. The Kier molecular flexibility index (Phi) is 10.7. The first-order valence-electron chi connectivity index (χ1n) is 13.6. The Balaban J connectivity index is 2.32. The number of nitrogens with one attached hydrogen (secondary N) is 2. The summed E-state index contributed by atoms with van der Waals surface area (Å²) >= 11 is 0. The number of hydrogen-bond acceptors (Lipinski definition) is 5. The first-order valence-corrected chi connectivity index (χ1v) is 13.6. The van der Waals surface area contributed by atoms with Crippen molar-refractivity contribution in [1.82, 2.24) is 15.5 Å². The van der Waals surface area contributed by atoms with E-state index in [2.05, 4.69) is 10.6 Å². The zero-order valence-corrected chi connectivity index (χ0v) is 23.9. The highest BCUT2D eigenvalue weighted by Gasteiger charge is 2.46. The van der Waals surface area contributed by atoms with Crippen LogP contribution in [0.1, 0.15) is 79.7 Å². The molecule has 0 aromatic heterocycles. The fraction of sp³-hybridized carbons (Fsp3) is 0.655. The van der Waals surface area contributed by atoms with Gasteiger partial charge in [-0.3, -0.25) is 9.59 Å². The first kappa shape index (κ1) is 31.1. The summed E-state index contributed by atoms with van der Waals surface area (Å²) < 4.78 is 5.52. The minimum Gasteiger partial charge on any atom is -0.480 e. The van der Waals surface area contributed by atoms with Gasteiger partial charge in [-0.05, 0) is 51.0 Å². The lowest BCUT2D eigenvalue weighted by Gasteiger charge is -2.42. The third-order valence-electron chi connectivity index (χ3n) is 7.59. The molecule has 1 aliphatic heterocycles. The molecule has 3 N–H and O–H groups in total. The number of carboxylic acid groups (broad SMARTS) is 1. The molecule has 4 atom stereocenters. The third-order valence-corrected chi connectivity index (χ3v) is 7.59. The van der Waals surface area contributed by atoms with Crippen molar-refractivity contribution in [2.75, 3.05) is 13.1 Å². The number of rotatable bonds is 10. The van der Waals surface area contributed by atoms with Crippen LogP contribution in [-0.2, 0) is 24.5 Å². The van der Waals surface area contributed by atoms with E-state index in [0.29, 0.717) is 38.8 Å². The lowest BCUT2D eigenvalue weighted by molar-refractivity contribution is -0.144. The highest BCUT2D eigenvalue weighted by atomic mass is 16.6. The Labute approximate surface area is 226 Å². The van der Waals surface area contributed by atoms with E-state index in [1.807, 2.05) is 71.9 Å². The molecular formula is C29H45N3O6. The third kappa shape index (κ3) is 7.71. The molecule has 0 bridgehead atoms. The number of carbonyl (C=O) groups excluding carboxylic acids is 3. The summed E-state index contributed by atoms with van der Waals surface area (Å²) in [5.41, 5.74) is -0.760. The molecule has 1 fully saturated rings. The number of likely N-dealkylation sites (tertiary alicyclic amines) is 1. The van der Waals surface area contributed by atoms with Crippen LogP contribution in [0.5, 0.6) is 0 Å². The summed E-state index contributed by atoms with van der Waals surface area (Å²) in [4.78, 5) is 53.5. The van der Waals surface area contributed by atoms with Crippen LogP contribution in [0.15, 0.2) is 30.3 Å². The molecular weight excluding hydrogens is 486 g/mol.